The number of benzene rings is 1. The lowest BCUT2D eigenvalue weighted by Gasteiger charge is -2.40. The van der Waals surface area contributed by atoms with Gasteiger partial charge in [-0.25, -0.2) is 9.97 Å². The zero-order chi connectivity index (χ0) is 20.0. The molecular formula is C22H24N4OS2. The Kier molecular flexibility index (Phi) is 4.99. The summed E-state index contributed by atoms with van der Waals surface area (Å²) in [4.78, 5) is 13.7. The third-order valence-corrected chi connectivity index (χ3v) is 7.93. The fourth-order valence-electron chi connectivity index (χ4n) is 4.42. The van der Waals surface area contributed by atoms with E-state index in [2.05, 4.69) is 51.4 Å². The van der Waals surface area contributed by atoms with Crippen molar-refractivity contribution < 1.29 is 5.11 Å². The van der Waals surface area contributed by atoms with Crippen molar-refractivity contribution in [3.63, 3.8) is 0 Å². The molecule has 0 radical (unpaired) electrons. The lowest BCUT2D eigenvalue weighted by molar-refractivity contribution is -0.0295. The molecule has 3 atom stereocenters. The van der Waals surface area contributed by atoms with Gasteiger partial charge in [0, 0.05) is 40.7 Å². The molecule has 0 aliphatic carbocycles. The highest BCUT2D eigenvalue weighted by Crippen LogP contribution is 2.41. The molecule has 1 aliphatic rings. The molecule has 0 spiro atoms. The van der Waals surface area contributed by atoms with E-state index in [4.69, 9.17) is 0 Å². The van der Waals surface area contributed by atoms with Crippen LogP contribution in [0.4, 0.5) is 11.4 Å². The number of aliphatic hydroxyl groups excluding tert-OH is 1. The number of anilines is 2. The minimum atomic E-state index is -0.404. The molecule has 1 fully saturated rings. The highest BCUT2D eigenvalue weighted by molar-refractivity contribution is 7.18. The molecule has 0 bridgehead atoms. The van der Waals surface area contributed by atoms with Crippen LogP contribution >= 0.6 is 22.7 Å². The van der Waals surface area contributed by atoms with Crippen LogP contribution in [0.25, 0.3) is 20.4 Å². The summed E-state index contributed by atoms with van der Waals surface area (Å²) in [6.45, 7) is 5.06. The van der Waals surface area contributed by atoms with E-state index >= 15 is 0 Å². The Bertz CT molecular complexity index is 1150. The zero-order valence-corrected chi connectivity index (χ0v) is 18.1. The monoisotopic (exact) mass is 424 g/mol. The van der Waals surface area contributed by atoms with Crippen LogP contribution < -0.4 is 5.32 Å². The van der Waals surface area contributed by atoms with E-state index in [1.807, 2.05) is 24.7 Å². The van der Waals surface area contributed by atoms with Gasteiger partial charge < -0.3 is 10.4 Å². The Morgan fingerprint density at radius 1 is 1.24 bits per heavy atom. The fourth-order valence-corrected chi connectivity index (χ4v) is 6.34. The average Bonchev–Trinajstić information content (AvgIpc) is 3.34. The molecule has 4 aromatic rings. The van der Waals surface area contributed by atoms with Gasteiger partial charge in [0.05, 0.1) is 21.4 Å². The molecule has 7 heteroatoms. The zero-order valence-electron chi connectivity index (χ0n) is 16.5. The van der Waals surface area contributed by atoms with Crippen LogP contribution in [-0.2, 0) is 0 Å². The van der Waals surface area contributed by atoms with Gasteiger partial charge in [-0.3, -0.25) is 4.90 Å². The van der Waals surface area contributed by atoms with Gasteiger partial charge in [0.25, 0.3) is 0 Å². The highest BCUT2D eigenvalue weighted by Gasteiger charge is 2.32. The van der Waals surface area contributed by atoms with E-state index in [-0.39, 0.29) is 0 Å². The number of fused-ring (bicyclic) bond motifs is 2. The normalized spacial score (nSPS) is 21.6. The number of hydrogen-bond acceptors (Lipinski definition) is 7. The summed E-state index contributed by atoms with van der Waals surface area (Å²) in [5.74, 6) is 0.428. The van der Waals surface area contributed by atoms with Gasteiger partial charge in [-0.1, -0.05) is 0 Å². The predicted molar refractivity (Wildman–Crippen MR) is 122 cm³/mol. The molecule has 5 nitrogen and oxygen atoms in total. The van der Waals surface area contributed by atoms with Crippen molar-refractivity contribution in [3.8, 4) is 0 Å². The molecule has 1 aromatic carbocycles. The van der Waals surface area contributed by atoms with Crippen molar-refractivity contribution >= 4 is 54.5 Å². The second-order valence-electron chi connectivity index (χ2n) is 7.74. The standard InChI is InChI=1S/C22H24N4OS2/c1-13-16(4-3-9-26(13)14(2)27)21-11-17-18(7-8-23-22(17)29-21)25-15-5-6-20-19(10-15)24-12-28-20/h5-8,10-14,16,27H,3-4,9H2,1-2H3,(H,23,25)/t13-,14?,16-/m1/s1. The summed E-state index contributed by atoms with van der Waals surface area (Å²) < 4.78 is 1.20. The maximum Gasteiger partial charge on any atom is 0.125 e. The lowest BCUT2D eigenvalue weighted by atomic mass is 9.88. The summed E-state index contributed by atoms with van der Waals surface area (Å²) in [5, 5.41) is 14.8. The van der Waals surface area contributed by atoms with Crippen molar-refractivity contribution in [2.24, 2.45) is 0 Å². The SMILES string of the molecule is CC(O)N1CCC[C@@H](c2cc3c(Nc4ccc5scnc5c4)ccnc3s2)[C@H]1C. The summed E-state index contributed by atoms with van der Waals surface area (Å²) in [7, 11) is 0. The molecular weight excluding hydrogens is 400 g/mol. The Morgan fingerprint density at radius 2 is 2.14 bits per heavy atom. The molecule has 1 saturated heterocycles. The number of rotatable bonds is 4. The summed E-state index contributed by atoms with van der Waals surface area (Å²) >= 11 is 3.44. The molecule has 1 aliphatic heterocycles. The van der Waals surface area contributed by atoms with Crippen molar-refractivity contribution in [1.82, 2.24) is 14.9 Å². The Balaban J connectivity index is 1.47. The molecule has 1 unspecified atom stereocenters. The van der Waals surface area contributed by atoms with Crippen LogP contribution in [-0.4, -0.2) is 38.8 Å². The number of thiazole rings is 1. The quantitative estimate of drug-likeness (QED) is 0.449. The van der Waals surface area contributed by atoms with Gasteiger partial charge >= 0.3 is 0 Å². The van der Waals surface area contributed by atoms with Gasteiger partial charge in [0.15, 0.2) is 0 Å². The highest BCUT2D eigenvalue weighted by atomic mass is 32.1. The third-order valence-electron chi connectivity index (χ3n) is 5.95. The molecule has 2 N–H and O–H groups in total. The number of likely N-dealkylation sites (tertiary alicyclic amines) is 1. The summed E-state index contributed by atoms with van der Waals surface area (Å²) in [6, 6.07) is 11.0. The van der Waals surface area contributed by atoms with Crippen molar-refractivity contribution in [3.05, 3.63) is 46.9 Å². The Hall–Kier alpha value is -2.06. The topological polar surface area (TPSA) is 61.3 Å². The minimum absolute atomic E-state index is 0.320. The number of nitrogens with one attached hydrogen (secondary N) is 1. The number of pyridine rings is 1. The number of nitrogens with zero attached hydrogens (tertiary/aromatic N) is 3. The molecule has 0 saturated carbocycles. The number of piperidine rings is 1. The molecule has 0 amide bonds. The first kappa shape index (κ1) is 18.9. The molecule has 3 aromatic heterocycles. The van der Waals surface area contributed by atoms with Gasteiger partial charge in [0.2, 0.25) is 0 Å². The summed E-state index contributed by atoms with van der Waals surface area (Å²) in [5.41, 5.74) is 5.01. The van der Waals surface area contributed by atoms with Gasteiger partial charge in [-0.15, -0.1) is 22.7 Å². The third kappa shape index (κ3) is 3.53. The van der Waals surface area contributed by atoms with Crippen LogP contribution in [0.2, 0.25) is 0 Å². The first-order chi connectivity index (χ1) is 14.1. The van der Waals surface area contributed by atoms with Crippen LogP contribution in [0.1, 0.15) is 37.5 Å². The number of thiophene rings is 1. The number of aliphatic hydroxyl groups is 1. The number of aromatic nitrogens is 2. The van der Waals surface area contributed by atoms with Gasteiger partial charge in [0.1, 0.15) is 11.1 Å². The summed E-state index contributed by atoms with van der Waals surface area (Å²) in [6.07, 6.45) is 3.73. The second-order valence-corrected chi connectivity index (χ2v) is 9.69. The average molecular weight is 425 g/mol. The van der Waals surface area contributed by atoms with Crippen LogP contribution in [0.3, 0.4) is 0 Å². The van der Waals surface area contributed by atoms with Gasteiger partial charge in [-0.2, -0.15) is 0 Å². The molecule has 4 heterocycles. The fraction of sp³-hybridized carbons (Fsp3) is 0.364. The smallest absolute Gasteiger partial charge is 0.125 e. The van der Waals surface area contributed by atoms with Crippen LogP contribution in [0, 0.1) is 0 Å². The van der Waals surface area contributed by atoms with Crippen molar-refractivity contribution in [2.45, 2.75) is 44.9 Å². The van der Waals surface area contributed by atoms with E-state index in [9.17, 15) is 5.11 Å². The molecule has 150 valence electrons. The van der Waals surface area contributed by atoms with E-state index < -0.39 is 6.23 Å². The minimum Gasteiger partial charge on any atom is -0.379 e. The van der Waals surface area contributed by atoms with Gasteiger partial charge in [-0.05, 0) is 57.0 Å². The second kappa shape index (κ2) is 7.65. The van der Waals surface area contributed by atoms with Crippen molar-refractivity contribution in [1.29, 1.82) is 0 Å². The van der Waals surface area contributed by atoms with Crippen molar-refractivity contribution in [2.75, 3.05) is 11.9 Å². The van der Waals surface area contributed by atoms with E-state index in [1.165, 1.54) is 9.58 Å². The maximum atomic E-state index is 10.1. The first-order valence-corrected chi connectivity index (χ1v) is 11.7. The predicted octanol–water partition coefficient (Wildman–Crippen LogP) is 5.56. The number of hydrogen-bond donors (Lipinski definition) is 2. The lowest BCUT2D eigenvalue weighted by Crippen LogP contribution is -2.46. The Morgan fingerprint density at radius 3 is 3.00 bits per heavy atom. The molecule has 5 rings (SSSR count). The van der Waals surface area contributed by atoms with Crippen LogP contribution in [0.5, 0.6) is 0 Å². The van der Waals surface area contributed by atoms with E-state index in [0.717, 1.165) is 46.5 Å². The van der Waals surface area contributed by atoms with E-state index in [1.54, 1.807) is 22.7 Å². The Labute approximate surface area is 178 Å². The van der Waals surface area contributed by atoms with E-state index in [0.29, 0.717) is 12.0 Å². The maximum absolute atomic E-state index is 10.1. The first-order valence-electron chi connectivity index (χ1n) is 10.0. The van der Waals surface area contributed by atoms with Crippen LogP contribution in [0.15, 0.2) is 42.0 Å². The largest absolute Gasteiger partial charge is 0.379 e. The molecule has 29 heavy (non-hydrogen) atoms.